The van der Waals surface area contributed by atoms with E-state index in [1.54, 1.807) is 17.5 Å². The normalized spacial score (nSPS) is 18.4. The monoisotopic (exact) mass is 548 g/mol. The summed E-state index contributed by atoms with van der Waals surface area (Å²) in [5, 5.41) is 12.1. The van der Waals surface area contributed by atoms with E-state index in [1.807, 2.05) is 49.4 Å². The number of aromatic nitrogens is 1. The number of hydrogen-bond donors (Lipinski definition) is 1. The number of nitriles is 1. The second-order valence-corrected chi connectivity index (χ2v) is 12.6. The van der Waals surface area contributed by atoms with Gasteiger partial charge in [-0.3, -0.25) is 14.7 Å². The summed E-state index contributed by atoms with van der Waals surface area (Å²) in [5.74, 6) is 0.453. The highest BCUT2D eigenvalue weighted by molar-refractivity contribution is 7.91. The zero-order valence-electron chi connectivity index (χ0n) is 21.7. The first kappa shape index (κ1) is 26.9. The zero-order chi connectivity index (χ0) is 26.7. The van der Waals surface area contributed by atoms with Crippen LogP contribution in [-0.2, 0) is 34.5 Å². The molecular formula is C29H32N4O3S2. The minimum atomic E-state index is -1.03. The largest absolute Gasteiger partial charge is 0.611 e. The molecule has 1 amide bonds. The van der Waals surface area contributed by atoms with Gasteiger partial charge in [0.25, 0.3) is 5.91 Å². The van der Waals surface area contributed by atoms with Crippen LogP contribution in [0.4, 0.5) is 0 Å². The number of rotatable bonds is 7. The summed E-state index contributed by atoms with van der Waals surface area (Å²) in [4.78, 5) is 22.5. The number of benzene rings is 1. The Morgan fingerprint density at radius 2 is 2.05 bits per heavy atom. The van der Waals surface area contributed by atoms with Crippen molar-refractivity contribution in [1.29, 1.82) is 5.26 Å². The molecule has 2 aliphatic rings. The third-order valence-corrected chi connectivity index (χ3v) is 10.3. The number of carbonyl (C=O) groups excluding carboxylic acids is 1. The molecule has 1 spiro atoms. The predicted molar refractivity (Wildman–Crippen MR) is 148 cm³/mol. The summed E-state index contributed by atoms with van der Waals surface area (Å²) in [7, 11) is 0. The second kappa shape index (κ2) is 11.6. The predicted octanol–water partition coefficient (Wildman–Crippen LogP) is 4.70. The third kappa shape index (κ3) is 5.51. The van der Waals surface area contributed by atoms with Crippen LogP contribution in [0.1, 0.15) is 69.7 Å². The fraction of sp³-hybridized carbons (Fsp3) is 0.414. The summed E-state index contributed by atoms with van der Waals surface area (Å²) < 4.78 is 18.4. The number of carbonyl (C=O) groups is 1. The molecule has 4 heterocycles. The lowest BCUT2D eigenvalue weighted by Crippen LogP contribution is -2.46. The maximum absolute atomic E-state index is 13.0. The maximum atomic E-state index is 13.0. The Morgan fingerprint density at radius 1 is 1.29 bits per heavy atom. The fourth-order valence-corrected chi connectivity index (χ4v) is 7.35. The number of nitrogens with zero attached hydrogens (tertiary/aromatic N) is 3. The highest BCUT2D eigenvalue weighted by Crippen LogP contribution is 2.46. The van der Waals surface area contributed by atoms with Crippen LogP contribution < -0.4 is 5.32 Å². The molecule has 0 radical (unpaired) electrons. The molecule has 0 aliphatic carbocycles. The Morgan fingerprint density at radius 3 is 2.71 bits per heavy atom. The van der Waals surface area contributed by atoms with E-state index in [0.717, 1.165) is 38.0 Å². The van der Waals surface area contributed by atoms with E-state index in [0.29, 0.717) is 34.2 Å². The van der Waals surface area contributed by atoms with E-state index in [1.165, 1.54) is 16.0 Å². The summed E-state index contributed by atoms with van der Waals surface area (Å²) in [5.41, 5.74) is 3.52. The number of thiophene rings is 1. The van der Waals surface area contributed by atoms with E-state index in [2.05, 4.69) is 28.2 Å². The first-order valence-electron chi connectivity index (χ1n) is 13.0. The van der Waals surface area contributed by atoms with E-state index in [9.17, 15) is 9.35 Å². The lowest BCUT2D eigenvalue weighted by Gasteiger charge is -2.45. The molecule has 38 heavy (non-hydrogen) atoms. The van der Waals surface area contributed by atoms with Crippen molar-refractivity contribution in [2.45, 2.75) is 56.2 Å². The number of amides is 1. The molecule has 2 atom stereocenters. The SMILES string of the molecule is CC[S+]([O-])c1ccc(CNC(=O)c2cc3c(s2)C2(CCN(C(C)c4ccc(C#N)cc4)CC2)OCC3)nc1. The van der Waals surface area contributed by atoms with Crippen molar-refractivity contribution in [3.8, 4) is 6.07 Å². The van der Waals surface area contributed by atoms with Gasteiger partial charge in [0, 0.05) is 24.0 Å². The van der Waals surface area contributed by atoms with Gasteiger partial charge >= 0.3 is 0 Å². The minimum Gasteiger partial charge on any atom is -0.611 e. The van der Waals surface area contributed by atoms with Gasteiger partial charge in [0.05, 0.1) is 41.6 Å². The van der Waals surface area contributed by atoms with Crippen LogP contribution in [0.2, 0.25) is 0 Å². The number of fused-ring (bicyclic) bond motifs is 2. The van der Waals surface area contributed by atoms with Crippen LogP contribution in [0, 0.1) is 11.3 Å². The quantitative estimate of drug-likeness (QED) is 0.430. The first-order chi connectivity index (χ1) is 18.4. The second-order valence-electron chi connectivity index (χ2n) is 9.81. The van der Waals surface area contributed by atoms with Gasteiger partial charge in [0.15, 0.2) is 4.90 Å². The smallest absolute Gasteiger partial charge is 0.261 e. The molecule has 0 saturated carbocycles. The molecule has 1 N–H and O–H groups in total. The Hall–Kier alpha value is -2.74. The molecule has 198 valence electrons. The summed E-state index contributed by atoms with van der Waals surface area (Å²) in [6, 6.07) is 16.0. The highest BCUT2D eigenvalue weighted by atomic mass is 32.2. The molecule has 5 rings (SSSR count). The van der Waals surface area contributed by atoms with Crippen molar-refractivity contribution >= 4 is 28.4 Å². The van der Waals surface area contributed by atoms with Gasteiger partial charge in [-0.1, -0.05) is 12.1 Å². The fourth-order valence-electron chi connectivity index (χ4n) is 5.30. The van der Waals surface area contributed by atoms with Crippen LogP contribution in [0.15, 0.2) is 53.6 Å². The van der Waals surface area contributed by atoms with Crippen LogP contribution in [0.25, 0.3) is 0 Å². The summed E-state index contributed by atoms with van der Waals surface area (Å²) >= 11 is 0.524. The van der Waals surface area contributed by atoms with Gasteiger partial charge in [-0.15, -0.1) is 11.3 Å². The molecule has 2 unspecified atom stereocenters. The molecule has 1 aromatic carbocycles. The number of nitrogens with one attached hydrogen (secondary N) is 1. The molecule has 0 bridgehead atoms. The van der Waals surface area contributed by atoms with Gasteiger partial charge in [-0.25, -0.2) is 0 Å². The van der Waals surface area contributed by atoms with Crippen LogP contribution in [0.5, 0.6) is 0 Å². The molecule has 1 saturated heterocycles. The number of piperidine rings is 1. The van der Waals surface area contributed by atoms with Crippen molar-refractivity contribution in [3.63, 3.8) is 0 Å². The Labute approximate surface area is 231 Å². The molecule has 1 fully saturated rings. The lowest BCUT2D eigenvalue weighted by atomic mass is 9.84. The van der Waals surface area contributed by atoms with Crippen LogP contribution >= 0.6 is 11.3 Å². The van der Waals surface area contributed by atoms with E-state index < -0.39 is 11.2 Å². The molecule has 9 heteroatoms. The topological polar surface area (TPSA) is 101 Å². The first-order valence-corrected chi connectivity index (χ1v) is 15.2. The highest BCUT2D eigenvalue weighted by Gasteiger charge is 2.43. The van der Waals surface area contributed by atoms with Crippen molar-refractivity contribution in [2.24, 2.45) is 0 Å². The molecule has 7 nitrogen and oxygen atoms in total. The maximum Gasteiger partial charge on any atom is 0.261 e. The van der Waals surface area contributed by atoms with Gasteiger partial charge in [-0.2, -0.15) is 5.26 Å². The number of ether oxygens (including phenoxy) is 1. The average molecular weight is 549 g/mol. The third-order valence-electron chi connectivity index (χ3n) is 7.62. The summed E-state index contributed by atoms with van der Waals surface area (Å²) in [6.07, 6.45) is 4.22. The van der Waals surface area contributed by atoms with Crippen molar-refractivity contribution in [1.82, 2.24) is 15.2 Å². The van der Waals surface area contributed by atoms with Crippen molar-refractivity contribution in [3.05, 3.63) is 80.8 Å². The molecule has 2 aromatic heterocycles. The molecular weight excluding hydrogens is 516 g/mol. The summed E-state index contributed by atoms with van der Waals surface area (Å²) in [6.45, 7) is 6.90. The minimum absolute atomic E-state index is 0.102. The Kier molecular flexibility index (Phi) is 8.17. The van der Waals surface area contributed by atoms with Gasteiger partial charge in [0.1, 0.15) is 11.4 Å². The van der Waals surface area contributed by atoms with Crippen LogP contribution in [-0.4, -0.2) is 45.8 Å². The molecule has 3 aromatic rings. The van der Waals surface area contributed by atoms with Gasteiger partial charge in [-0.05, 0) is 85.7 Å². The molecule has 2 aliphatic heterocycles. The van der Waals surface area contributed by atoms with Crippen LogP contribution in [0.3, 0.4) is 0 Å². The number of pyridine rings is 1. The van der Waals surface area contributed by atoms with Gasteiger partial charge in [0.2, 0.25) is 0 Å². The average Bonchev–Trinajstić information content (AvgIpc) is 3.42. The van der Waals surface area contributed by atoms with Crippen molar-refractivity contribution < 1.29 is 14.1 Å². The van der Waals surface area contributed by atoms with E-state index in [-0.39, 0.29) is 17.6 Å². The zero-order valence-corrected chi connectivity index (χ0v) is 23.4. The van der Waals surface area contributed by atoms with Gasteiger partial charge < -0.3 is 14.6 Å². The Balaban J connectivity index is 1.23. The lowest BCUT2D eigenvalue weighted by molar-refractivity contribution is -0.0994. The van der Waals surface area contributed by atoms with E-state index >= 15 is 0 Å². The van der Waals surface area contributed by atoms with E-state index in [4.69, 9.17) is 10.00 Å². The Bertz CT molecular complexity index is 1310. The standard InChI is InChI=1S/C29H32N4O3S2/c1-3-38(35)25-9-8-24(31-19-25)18-32-28(34)26-16-23-10-15-36-29(27(23)37-26)11-13-33(14-12-29)20(2)22-6-4-21(17-30)5-7-22/h4-9,16,19-20H,3,10-15,18H2,1-2H3,(H,32,34). The number of likely N-dealkylation sites (tertiary alicyclic amines) is 1. The van der Waals surface area contributed by atoms with Crippen molar-refractivity contribution in [2.75, 3.05) is 25.4 Å². The number of hydrogen-bond acceptors (Lipinski definition) is 7.